The van der Waals surface area contributed by atoms with Gasteiger partial charge in [-0.25, -0.2) is 4.98 Å². The molecule has 2 heterocycles. The van der Waals surface area contributed by atoms with Crippen LogP contribution in [0.25, 0.3) is 21.8 Å². The highest BCUT2D eigenvalue weighted by atomic mass is 16.5. The Balaban J connectivity index is 1.34. The van der Waals surface area contributed by atoms with E-state index in [-0.39, 0.29) is 18.0 Å². The highest BCUT2D eigenvalue weighted by Gasteiger charge is 2.08. The minimum Gasteiger partial charge on any atom is -0.489 e. The van der Waals surface area contributed by atoms with Crippen molar-refractivity contribution in [2.75, 3.05) is 13.2 Å². The molecular formula is C21H18N4O3. The van der Waals surface area contributed by atoms with Crippen molar-refractivity contribution < 1.29 is 9.53 Å². The second kappa shape index (κ2) is 7.87. The molecule has 0 fully saturated rings. The second-order valence-electron chi connectivity index (χ2n) is 6.22. The molecule has 0 saturated heterocycles. The SMILES string of the molecule is O=C(Cn1cnc2ccccc2c1=O)NCCOc1cccc2cccnc12. The summed E-state index contributed by atoms with van der Waals surface area (Å²) in [5.74, 6) is 0.390. The summed E-state index contributed by atoms with van der Waals surface area (Å²) in [5, 5.41) is 4.24. The number of carbonyl (C=O) groups excluding carboxylic acids is 1. The van der Waals surface area contributed by atoms with Crippen LogP contribution >= 0.6 is 0 Å². The Labute approximate surface area is 160 Å². The summed E-state index contributed by atoms with van der Waals surface area (Å²) < 4.78 is 7.04. The average Bonchev–Trinajstić information content (AvgIpc) is 2.73. The summed E-state index contributed by atoms with van der Waals surface area (Å²) in [5.41, 5.74) is 1.16. The zero-order chi connectivity index (χ0) is 19.3. The maximum Gasteiger partial charge on any atom is 0.261 e. The quantitative estimate of drug-likeness (QED) is 0.523. The van der Waals surface area contributed by atoms with Crippen molar-refractivity contribution in [1.82, 2.24) is 19.9 Å². The third-order valence-corrected chi connectivity index (χ3v) is 4.32. The number of carbonyl (C=O) groups is 1. The van der Waals surface area contributed by atoms with Crippen LogP contribution in [0, 0.1) is 0 Å². The van der Waals surface area contributed by atoms with Crippen molar-refractivity contribution in [2.45, 2.75) is 6.54 Å². The van der Waals surface area contributed by atoms with Gasteiger partial charge in [0.1, 0.15) is 24.4 Å². The lowest BCUT2D eigenvalue weighted by Gasteiger charge is -2.10. The fraction of sp³-hybridized carbons (Fsp3) is 0.143. The summed E-state index contributed by atoms with van der Waals surface area (Å²) in [6.45, 7) is 0.524. The Morgan fingerprint density at radius 3 is 2.82 bits per heavy atom. The van der Waals surface area contributed by atoms with Gasteiger partial charge in [0.15, 0.2) is 0 Å². The van der Waals surface area contributed by atoms with Gasteiger partial charge in [-0.15, -0.1) is 0 Å². The Morgan fingerprint density at radius 1 is 1.04 bits per heavy atom. The highest BCUT2D eigenvalue weighted by Crippen LogP contribution is 2.22. The van der Waals surface area contributed by atoms with E-state index in [1.807, 2.05) is 36.4 Å². The predicted molar refractivity (Wildman–Crippen MR) is 106 cm³/mol. The van der Waals surface area contributed by atoms with E-state index in [0.717, 1.165) is 10.9 Å². The zero-order valence-electron chi connectivity index (χ0n) is 15.0. The molecule has 7 heteroatoms. The number of para-hydroxylation sites is 2. The highest BCUT2D eigenvalue weighted by molar-refractivity contribution is 5.84. The third-order valence-electron chi connectivity index (χ3n) is 4.32. The van der Waals surface area contributed by atoms with Crippen LogP contribution in [0.1, 0.15) is 0 Å². The molecular weight excluding hydrogens is 356 g/mol. The summed E-state index contributed by atoms with van der Waals surface area (Å²) in [4.78, 5) is 33.1. The lowest BCUT2D eigenvalue weighted by atomic mass is 10.2. The molecule has 0 radical (unpaired) electrons. The van der Waals surface area contributed by atoms with Crippen molar-refractivity contribution in [1.29, 1.82) is 0 Å². The molecule has 1 N–H and O–H groups in total. The van der Waals surface area contributed by atoms with Crippen LogP contribution in [0.4, 0.5) is 0 Å². The van der Waals surface area contributed by atoms with E-state index >= 15 is 0 Å². The molecule has 0 spiro atoms. The maximum atomic E-state index is 12.4. The van der Waals surface area contributed by atoms with Gasteiger partial charge in [-0.05, 0) is 24.3 Å². The largest absolute Gasteiger partial charge is 0.489 e. The fourth-order valence-corrected chi connectivity index (χ4v) is 2.97. The average molecular weight is 374 g/mol. The molecule has 0 bridgehead atoms. The molecule has 4 aromatic rings. The van der Waals surface area contributed by atoms with Crippen LogP contribution in [-0.4, -0.2) is 33.6 Å². The standard InChI is InChI=1S/C21H18N4O3/c26-19(13-25-14-24-17-8-2-1-7-16(17)21(25)27)22-11-12-28-18-9-3-5-15-6-4-10-23-20(15)18/h1-10,14H,11-13H2,(H,22,26). The second-order valence-corrected chi connectivity index (χ2v) is 6.22. The number of pyridine rings is 1. The number of fused-ring (bicyclic) bond motifs is 2. The van der Waals surface area contributed by atoms with Gasteiger partial charge in [-0.3, -0.25) is 19.1 Å². The van der Waals surface area contributed by atoms with Crippen LogP contribution in [0.2, 0.25) is 0 Å². The summed E-state index contributed by atoms with van der Waals surface area (Å²) >= 11 is 0. The monoisotopic (exact) mass is 374 g/mol. The first-order valence-corrected chi connectivity index (χ1v) is 8.90. The van der Waals surface area contributed by atoms with Gasteiger partial charge in [0.05, 0.1) is 23.8 Å². The van der Waals surface area contributed by atoms with E-state index < -0.39 is 0 Å². The van der Waals surface area contributed by atoms with E-state index in [1.165, 1.54) is 10.9 Å². The van der Waals surface area contributed by atoms with Gasteiger partial charge in [-0.2, -0.15) is 0 Å². The molecule has 28 heavy (non-hydrogen) atoms. The summed E-state index contributed by atoms with van der Waals surface area (Å²) in [6.07, 6.45) is 3.11. The number of benzene rings is 2. The van der Waals surface area contributed by atoms with E-state index in [2.05, 4.69) is 15.3 Å². The lowest BCUT2D eigenvalue weighted by molar-refractivity contribution is -0.121. The first kappa shape index (κ1) is 17.7. The number of nitrogens with one attached hydrogen (secondary N) is 1. The number of amides is 1. The first-order valence-electron chi connectivity index (χ1n) is 8.90. The smallest absolute Gasteiger partial charge is 0.261 e. The van der Waals surface area contributed by atoms with Crippen molar-refractivity contribution in [3.63, 3.8) is 0 Å². The summed E-state index contributed by atoms with van der Waals surface area (Å²) in [7, 11) is 0. The van der Waals surface area contributed by atoms with Gasteiger partial charge in [0.2, 0.25) is 5.91 Å². The molecule has 2 aromatic carbocycles. The van der Waals surface area contributed by atoms with Gasteiger partial charge in [0.25, 0.3) is 5.56 Å². The lowest BCUT2D eigenvalue weighted by Crippen LogP contribution is -2.34. The first-order chi connectivity index (χ1) is 13.7. The topological polar surface area (TPSA) is 86.1 Å². The molecule has 140 valence electrons. The number of hydrogen-bond donors (Lipinski definition) is 1. The molecule has 0 unspecified atom stereocenters. The van der Waals surface area contributed by atoms with E-state index in [0.29, 0.717) is 29.8 Å². The van der Waals surface area contributed by atoms with Crippen molar-refractivity contribution >= 4 is 27.7 Å². The summed E-state index contributed by atoms with van der Waals surface area (Å²) in [6, 6.07) is 16.6. The van der Waals surface area contributed by atoms with Gasteiger partial charge in [-0.1, -0.05) is 30.3 Å². The van der Waals surface area contributed by atoms with Gasteiger partial charge in [0, 0.05) is 11.6 Å². The predicted octanol–water partition coefficient (Wildman–Crippen LogP) is 2.14. The van der Waals surface area contributed by atoms with E-state index in [9.17, 15) is 9.59 Å². The Hall–Kier alpha value is -3.74. The number of nitrogens with zero attached hydrogens (tertiary/aromatic N) is 3. The maximum absolute atomic E-state index is 12.4. The molecule has 1 amide bonds. The van der Waals surface area contributed by atoms with Crippen molar-refractivity contribution in [2.24, 2.45) is 0 Å². The molecule has 4 rings (SSSR count). The number of hydrogen-bond acceptors (Lipinski definition) is 5. The van der Waals surface area contributed by atoms with Crippen LogP contribution in [-0.2, 0) is 11.3 Å². The molecule has 2 aromatic heterocycles. The molecule has 0 aliphatic heterocycles. The van der Waals surface area contributed by atoms with Crippen molar-refractivity contribution in [3.05, 3.63) is 77.5 Å². The number of aromatic nitrogens is 3. The van der Waals surface area contributed by atoms with E-state index in [1.54, 1.807) is 24.4 Å². The Kier molecular flexibility index (Phi) is 4.97. The Bertz CT molecular complexity index is 1200. The van der Waals surface area contributed by atoms with Crippen LogP contribution in [0.3, 0.4) is 0 Å². The molecule has 0 aliphatic rings. The molecule has 0 atom stereocenters. The van der Waals surface area contributed by atoms with Crippen LogP contribution in [0.5, 0.6) is 5.75 Å². The fourth-order valence-electron chi connectivity index (χ4n) is 2.97. The molecule has 7 nitrogen and oxygen atoms in total. The Morgan fingerprint density at radius 2 is 1.89 bits per heavy atom. The zero-order valence-corrected chi connectivity index (χ0v) is 15.0. The van der Waals surface area contributed by atoms with Crippen molar-refractivity contribution in [3.8, 4) is 5.75 Å². The van der Waals surface area contributed by atoms with Gasteiger partial charge >= 0.3 is 0 Å². The molecule has 0 aliphatic carbocycles. The number of ether oxygens (including phenoxy) is 1. The number of rotatable bonds is 6. The normalized spacial score (nSPS) is 10.9. The van der Waals surface area contributed by atoms with Crippen LogP contribution < -0.4 is 15.6 Å². The van der Waals surface area contributed by atoms with E-state index in [4.69, 9.17) is 4.74 Å². The third kappa shape index (κ3) is 3.68. The minimum absolute atomic E-state index is 0.0908. The minimum atomic E-state index is -0.279. The van der Waals surface area contributed by atoms with Crippen LogP contribution in [0.15, 0.2) is 71.9 Å². The molecule has 0 saturated carbocycles. The van der Waals surface area contributed by atoms with Gasteiger partial charge < -0.3 is 10.1 Å².